The van der Waals surface area contributed by atoms with Gasteiger partial charge in [0, 0.05) is 28.4 Å². The largest absolute Gasteiger partial charge is 0.496 e. The summed E-state index contributed by atoms with van der Waals surface area (Å²) in [5, 5.41) is 7.32. The van der Waals surface area contributed by atoms with E-state index < -0.39 is 0 Å². The third kappa shape index (κ3) is 3.93. The summed E-state index contributed by atoms with van der Waals surface area (Å²) in [6.45, 7) is 1.77. The lowest BCUT2D eigenvalue weighted by atomic mass is 9.98. The van der Waals surface area contributed by atoms with Crippen LogP contribution in [-0.2, 0) is 17.8 Å². The average molecular weight is 399 g/mol. The summed E-state index contributed by atoms with van der Waals surface area (Å²) < 4.78 is 5.36. The summed E-state index contributed by atoms with van der Waals surface area (Å²) in [4.78, 5) is 17.7. The van der Waals surface area contributed by atoms with Crippen molar-refractivity contribution in [1.29, 1.82) is 0 Å². The number of hydrogen-bond acceptors (Lipinski definition) is 5. The summed E-state index contributed by atoms with van der Waals surface area (Å²) in [5.41, 5.74) is 2.34. The molecule has 27 heavy (non-hydrogen) atoms. The van der Waals surface area contributed by atoms with E-state index in [1.165, 1.54) is 15.3 Å². The second kappa shape index (κ2) is 8.25. The Kier molecular flexibility index (Phi) is 5.57. The Hall–Kier alpha value is -2.15. The van der Waals surface area contributed by atoms with Crippen molar-refractivity contribution in [1.82, 2.24) is 10.2 Å². The first-order chi connectivity index (χ1) is 13.3. The molecular weight excluding hydrogens is 376 g/mol. The molecule has 6 heteroatoms. The molecule has 3 heterocycles. The van der Waals surface area contributed by atoms with Crippen LogP contribution in [0, 0.1) is 0 Å². The maximum Gasteiger partial charge on any atom is 0.234 e. The maximum absolute atomic E-state index is 12.7. The standard InChI is InChI=1S/C21H22N2O2S2/c1-25-17-6-3-2-5-15(17)13-22-20(24)14-23-10-8-18-16(9-12-27-18)21(23)19-7-4-11-26-19/h2-7,9,11-12,21H,8,10,13-14H2,1H3,(H,22,24)/t21-/m1/s1. The van der Waals surface area contributed by atoms with E-state index in [4.69, 9.17) is 4.74 Å². The van der Waals surface area contributed by atoms with E-state index >= 15 is 0 Å². The summed E-state index contributed by atoms with van der Waals surface area (Å²) in [7, 11) is 1.65. The van der Waals surface area contributed by atoms with Crippen molar-refractivity contribution < 1.29 is 9.53 Å². The topological polar surface area (TPSA) is 41.6 Å². The number of carbonyl (C=O) groups is 1. The normalized spacial score (nSPS) is 16.7. The van der Waals surface area contributed by atoms with Gasteiger partial charge in [-0.25, -0.2) is 0 Å². The molecule has 1 N–H and O–H groups in total. The van der Waals surface area contributed by atoms with Crippen molar-refractivity contribution >= 4 is 28.6 Å². The zero-order valence-electron chi connectivity index (χ0n) is 15.2. The molecule has 0 bridgehead atoms. The molecule has 4 nitrogen and oxygen atoms in total. The van der Waals surface area contributed by atoms with Crippen LogP contribution in [0.3, 0.4) is 0 Å². The quantitative estimate of drug-likeness (QED) is 0.680. The number of nitrogens with one attached hydrogen (secondary N) is 1. The van der Waals surface area contributed by atoms with Gasteiger partial charge < -0.3 is 10.1 Å². The molecule has 0 saturated carbocycles. The molecule has 0 fully saturated rings. The Morgan fingerprint density at radius 1 is 1.19 bits per heavy atom. The molecule has 1 aliphatic rings. The molecule has 0 radical (unpaired) electrons. The first kappa shape index (κ1) is 18.2. The van der Waals surface area contributed by atoms with Gasteiger partial charge in [0.05, 0.1) is 19.7 Å². The minimum Gasteiger partial charge on any atom is -0.496 e. The molecule has 1 aromatic carbocycles. The third-order valence-corrected chi connectivity index (χ3v) is 6.81. The predicted molar refractivity (Wildman–Crippen MR) is 111 cm³/mol. The number of methoxy groups -OCH3 is 1. The van der Waals surface area contributed by atoms with Crippen molar-refractivity contribution in [3.63, 3.8) is 0 Å². The van der Waals surface area contributed by atoms with Gasteiger partial charge in [-0.1, -0.05) is 24.3 Å². The molecule has 1 amide bonds. The summed E-state index contributed by atoms with van der Waals surface area (Å²) >= 11 is 3.58. The van der Waals surface area contributed by atoms with Crippen LogP contribution in [0.5, 0.6) is 5.75 Å². The van der Waals surface area contributed by atoms with E-state index in [1.807, 2.05) is 35.6 Å². The number of thiophene rings is 2. The highest BCUT2D eigenvalue weighted by Crippen LogP contribution is 2.39. The van der Waals surface area contributed by atoms with Crippen LogP contribution >= 0.6 is 22.7 Å². The Bertz CT molecular complexity index is 905. The fourth-order valence-corrected chi connectivity index (χ4v) is 5.38. The van der Waals surface area contributed by atoms with Crippen molar-refractivity contribution in [2.24, 2.45) is 0 Å². The smallest absolute Gasteiger partial charge is 0.234 e. The van der Waals surface area contributed by atoms with E-state index in [-0.39, 0.29) is 11.9 Å². The van der Waals surface area contributed by atoms with E-state index in [0.717, 1.165) is 24.3 Å². The van der Waals surface area contributed by atoms with Crippen LogP contribution in [-0.4, -0.2) is 31.0 Å². The lowest BCUT2D eigenvalue weighted by Gasteiger charge is -2.34. The number of benzene rings is 1. The van der Waals surface area contributed by atoms with Crippen LogP contribution in [0.4, 0.5) is 0 Å². The van der Waals surface area contributed by atoms with Gasteiger partial charge in [0.15, 0.2) is 0 Å². The Morgan fingerprint density at radius 3 is 2.89 bits per heavy atom. The Balaban J connectivity index is 1.46. The number of fused-ring (bicyclic) bond motifs is 1. The van der Waals surface area contributed by atoms with Crippen molar-refractivity contribution in [3.05, 3.63) is 74.1 Å². The molecule has 0 aliphatic carbocycles. The van der Waals surface area contributed by atoms with Gasteiger partial charge in [0.25, 0.3) is 0 Å². The van der Waals surface area contributed by atoms with Crippen molar-refractivity contribution in [3.8, 4) is 5.75 Å². The van der Waals surface area contributed by atoms with E-state index in [0.29, 0.717) is 13.1 Å². The number of para-hydroxylation sites is 1. The number of carbonyl (C=O) groups excluding carboxylic acids is 1. The minimum atomic E-state index is 0.0427. The lowest BCUT2D eigenvalue weighted by molar-refractivity contribution is -0.122. The van der Waals surface area contributed by atoms with Crippen LogP contribution in [0.2, 0.25) is 0 Å². The molecule has 0 unspecified atom stereocenters. The van der Waals surface area contributed by atoms with E-state index in [9.17, 15) is 4.79 Å². The van der Waals surface area contributed by atoms with Gasteiger partial charge >= 0.3 is 0 Å². The fraction of sp³-hybridized carbons (Fsp3) is 0.286. The minimum absolute atomic E-state index is 0.0427. The molecule has 4 rings (SSSR count). The Labute approximate surface area is 167 Å². The zero-order valence-corrected chi connectivity index (χ0v) is 16.8. The average Bonchev–Trinajstić information content (AvgIpc) is 3.38. The third-order valence-electron chi connectivity index (χ3n) is 4.89. The monoisotopic (exact) mass is 398 g/mol. The highest BCUT2D eigenvalue weighted by molar-refractivity contribution is 7.10. The van der Waals surface area contributed by atoms with Crippen LogP contribution in [0.25, 0.3) is 0 Å². The molecule has 1 aliphatic heterocycles. The van der Waals surface area contributed by atoms with E-state index in [1.54, 1.807) is 18.4 Å². The van der Waals surface area contributed by atoms with Gasteiger partial charge in [-0.2, -0.15) is 0 Å². The molecule has 0 spiro atoms. The number of amides is 1. The number of rotatable bonds is 6. The molecule has 1 atom stereocenters. The second-order valence-corrected chi connectivity index (χ2v) is 8.51. The summed E-state index contributed by atoms with van der Waals surface area (Å²) in [5.74, 6) is 0.844. The van der Waals surface area contributed by atoms with Gasteiger partial charge in [-0.05, 0) is 40.9 Å². The van der Waals surface area contributed by atoms with Gasteiger partial charge in [0.1, 0.15) is 5.75 Å². The van der Waals surface area contributed by atoms with Crippen molar-refractivity contribution in [2.45, 2.75) is 19.0 Å². The first-order valence-corrected chi connectivity index (χ1v) is 10.7. The number of ether oxygens (including phenoxy) is 1. The van der Waals surface area contributed by atoms with Gasteiger partial charge in [-0.15, -0.1) is 22.7 Å². The van der Waals surface area contributed by atoms with Gasteiger partial charge in [-0.3, -0.25) is 9.69 Å². The zero-order chi connectivity index (χ0) is 18.6. The van der Waals surface area contributed by atoms with E-state index in [2.05, 4.69) is 39.2 Å². The van der Waals surface area contributed by atoms with Crippen LogP contribution < -0.4 is 10.1 Å². The van der Waals surface area contributed by atoms with Crippen LogP contribution in [0.1, 0.15) is 26.9 Å². The molecule has 3 aromatic rings. The maximum atomic E-state index is 12.7. The predicted octanol–water partition coefficient (Wildman–Crippen LogP) is 4.08. The first-order valence-electron chi connectivity index (χ1n) is 8.98. The highest BCUT2D eigenvalue weighted by atomic mass is 32.1. The highest BCUT2D eigenvalue weighted by Gasteiger charge is 2.31. The van der Waals surface area contributed by atoms with Gasteiger partial charge in [0.2, 0.25) is 5.91 Å². The summed E-state index contributed by atoms with van der Waals surface area (Å²) in [6.07, 6.45) is 1.01. The van der Waals surface area contributed by atoms with Crippen LogP contribution in [0.15, 0.2) is 53.2 Å². The lowest BCUT2D eigenvalue weighted by Crippen LogP contribution is -2.42. The molecular formula is C21H22N2O2S2. The van der Waals surface area contributed by atoms with Crippen molar-refractivity contribution in [2.75, 3.05) is 20.2 Å². The SMILES string of the molecule is COc1ccccc1CNC(=O)CN1CCc2sccc2[C@@H]1c1cccs1. The fourth-order valence-electron chi connectivity index (χ4n) is 3.60. The molecule has 2 aromatic heterocycles. The summed E-state index contributed by atoms with van der Waals surface area (Å²) in [6, 6.07) is 14.4. The molecule has 0 saturated heterocycles. The second-order valence-electron chi connectivity index (χ2n) is 6.53. The molecule has 140 valence electrons. The Morgan fingerprint density at radius 2 is 2.07 bits per heavy atom. The number of nitrogens with zero attached hydrogens (tertiary/aromatic N) is 1. The number of hydrogen-bond donors (Lipinski definition) is 1.